The van der Waals surface area contributed by atoms with Crippen molar-refractivity contribution in [2.75, 3.05) is 5.73 Å². The Morgan fingerprint density at radius 2 is 1.94 bits per heavy atom. The zero-order valence-corrected chi connectivity index (χ0v) is 8.84. The van der Waals surface area contributed by atoms with Gasteiger partial charge in [0.05, 0.1) is 5.56 Å². The van der Waals surface area contributed by atoms with Crippen LogP contribution < -0.4 is 5.73 Å². The lowest BCUT2D eigenvalue weighted by Gasteiger charge is -2.11. The molecule has 1 rings (SSSR count). The van der Waals surface area contributed by atoms with E-state index in [2.05, 4.69) is 0 Å². The summed E-state index contributed by atoms with van der Waals surface area (Å²) in [7, 11) is 0. The van der Waals surface area contributed by atoms with Crippen molar-refractivity contribution in [3.63, 3.8) is 0 Å². The zero-order chi connectivity index (χ0) is 12.1. The number of carboxylic acid groups (broad SMARTS) is 1. The summed E-state index contributed by atoms with van der Waals surface area (Å²) in [6.45, 7) is 1.63. The Morgan fingerprint density at radius 3 is 2.38 bits per heavy atom. The molecule has 0 amide bonds. The second-order valence-corrected chi connectivity index (χ2v) is 3.26. The van der Waals surface area contributed by atoms with E-state index in [1.165, 1.54) is 12.1 Å². The van der Waals surface area contributed by atoms with Crippen LogP contribution >= 0.6 is 0 Å². The van der Waals surface area contributed by atoms with E-state index in [1.807, 2.05) is 0 Å². The summed E-state index contributed by atoms with van der Waals surface area (Å²) in [4.78, 5) is 22.2. The standard InChI is InChI=1S/C11H13NO4/c1-2-9(10(13)14)16-11(15)7-3-5-8(12)6-4-7/h3-6,9H,2,12H2,1H3,(H,13,14). The Hall–Kier alpha value is -2.04. The highest BCUT2D eigenvalue weighted by Crippen LogP contribution is 2.09. The van der Waals surface area contributed by atoms with E-state index in [9.17, 15) is 9.59 Å². The van der Waals surface area contributed by atoms with Crippen molar-refractivity contribution in [3.05, 3.63) is 29.8 Å². The van der Waals surface area contributed by atoms with Crippen LogP contribution in [0.4, 0.5) is 5.69 Å². The summed E-state index contributed by atoms with van der Waals surface area (Å²) in [6.07, 6.45) is -0.874. The first-order valence-electron chi connectivity index (χ1n) is 4.84. The first-order valence-corrected chi connectivity index (χ1v) is 4.84. The molecule has 1 aromatic rings. The molecule has 0 aliphatic rings. The highest BCUT2D eigenvalue weighted by Gasteiger charge is 2.20. The second kappa shape index (κ2) is 5.16. The number of ether oxygens (including phenoxy) is 1. The fourth-order valence-corrected chi connectivity index (χ4v) is 1.12. The van der Waals surface area contributed by atoms with Crippen molar-refractivity contribution in [2.45, 2.75) is 19.4 Å². The summed E-state index contributed by atoms with van der Waals surface area (Å²) in [5.74, 6) is -1.81. The van der Waals surface area contributed by atoms with Gasteiger partial charge in [-0.2, -0.15) is 0 Å². The van der Waals surface area contributed by atoms with Crippen LogP contribution in [0.5, 0.6) is 0 Å². The number of benzene rings is 1. The fraction of sp³-hybridized carbons (Fsp3) is 0.273. The third-order valence-electron chi connectivity index (χ3n) is 2.04. The fourth-order valence-electron chi connectivity index (χ4n) is 1.12. The zero-order valence-electron chi connectivity index (χ0n) is 8.84. The maximum atomic E-state index is 11.5. The number of carbonyl (C=O) groups excluding carboxylic acids is 1. The topological polar surface area (TPSA) is 89.6 Å². The average Bonchev–Trinajstić information content (AvgIpc) is 2.26. The van der Waals surface area contributed by atoms with Gasteiger partial charge in [0.2, 0.25) is 0 Å². The largest absolute Gasteiger partial charge is 0.479 e. The molecule has 0 spiro atoms. The molecule has 16 heavy (non-hydrogen) atoms. The van der Waals surface area contributed by atoms with Gasteiger partial charge in [0.1, 0.15) is 0 Å². The number of nitrogens with two attached hydrogens (primary N) is 1. The average molecular weight is 223 g/mol. The molecule has 0 radical (unpaired) electrons. The molecule has 0 saturated carbocycles. The minimum atomic E-state index is -1.15. The lowest BCUT2D eigenvalue weighted by Crippen LogP contribution is -2.26. The minimum absolute atomic E-state index is 0.232. The van der Waals surface area contributed by atoms with E-state index in [0.29, 0.717) is 5.69 Å². The molecular weight excluding hydrogens is 210 g/mol. The Morgan fingerprint density at radius 1 is 1.38 bits per heavy atom. The molecule has 0 fully saturated rings. The number of hydrogen-bond acceptors (Lipinski definition) is 4. The predicted molar refractivity (Wildman–Crippen MR) is 58.0 cm³/mol. The molecule has 1 unspecified atom stereocenters. The van der Waals surface area contributed by atoms with Gasteiger partial charge >= 0.3 is 11.9 Å². The highest BCUT2D eigenvalue weighted by atomic mass is 16.6. The molecule has 0 bridgehead atoms. The maximum Gasteiger partial charge on any atom is 0.345 e. The van der Waals surface area contributed by atoms with E-state index < -0.39 is 18.0 Å². The molecule has 5 heteroatoms. The van der Waals surface area contributed by atoms with Crippen LogP contribution in [0, 0.1) is 0 Å². The van der Waals surface area contributed by atoms with E-state index in [1.54, 1.807) is 19.1 Å². The van der Waals surface area contributed by atoms with Crippen molar-refractivity contribution in [1.29, 1.82) is 0 Å². The number of anilines is 1. The number of aliphatic carboxylic acids is 1. The van der Waals surface area contributed by atoms with Gasteiger partial charge in [-0.05, 0) is 30.7 Å². The van der Waals surface area contributed by atoms with Crippen molar-refractivity contribution < 1.29 is 19.4 Å². The summed E-state index contributed by atoms with van der Waals surface area (Å²) >= 11 is 0. The van der Waals surface area contributed by atoms with Crippen LogP contribution in [0.3, 0.4) is 0 Å². The molecule has 0 saturated heterocycles. The lowest BCUT2D eigenvalue weighted by molar-refractivity contribution is -0.147. The van der Waals surface area contributed by atoms with Gasteiger partial charge in [0.15, 0.2) is 6.10 Å². The SMILES string of the molecule is CCC(OC(=O)c1ccc(N)cc1)C(=O)O. The van der Waals surface area contributed by atoms with Crippen LogP contribution in [0.2, 0.25) is 0 Å². The molecule has 5 nitrogen and oxygen atoms in total. The Balaban J connectivity index is 2.71. The van der Waals surface area contributed by atoms with Gasteiger partial charge < -0.3 is 15.6 Å². The number of nitrogen functional groups attached to an aromatic ring is 1. The van der Waals surface area contributed by atoms with E-state index in [4.69, 9.17) is 15.6 Å². The van der Waals surface area contributed by atoms with Gasteiger partial charge in [-0.3, -0.25) is 0 Å². The monoisotopic (exact) mass is 223 g/mol. The van der Waals surface area contributed by atoms with Gasteiger partial charge in [-0.25, -0.2) is 9.59 Å². The van der Waals surface area contributed by atoms with Gasteiger partial charge in [-0.1, -0.05) is 6.92 Å². The number of esters is 1. The van der Waals surface area contributed by atoms with Crippen LogP contribution in [0.15, 0.2) is 24.3 Å². The first kappa shape index (κ1) is 12.0. The van der Waals surface area contributed by atoms with Crippen LogP contribution in [-0.4, -0.2) is 23.1 Å². The smallest absolute Gasteiger partial charge is 0.345 e. The third kappa shape index (κ3) is 2.98. The summed E-state index contributed by atoms with van der Waals surface area (Å²) < 4.78 is 4.81. The first-order chi connectivity index (χ1) is 7.54. The van der Waals surface area contributed by atoms with Crippen molar-refractivity contribution in [2.24, 2.45) is 0 Å². The third-order valence-corrected chi connectivity index (χ3v) is 2.04. The quantitative estimate of drug-likeness (QED) is 0.593. The van der Waals surface area contributed by atoms with Crippen LogP contribution in [0.1, 0.15) is 23.7 Å². The van der Waals surface area contributed by atoms with E-state index in [0.717, 1.165) is 0 Å². The van der Waals surface area contributed by atoms with Gasteiger partial charge in [-0.15, -0.1) is 0 Å². The number of hydrogen-bond donors (Lipinski definition) is 2. The lowest BCUT2D eigenvalue weighted by atomic mass is 10.2. The molecule has 0 aliphatic carbocycles. The second-order valence-electron chi connectivity index (χ2n) is 3.26. The summed E-state index contributed by atoms with van der Waals surface area (Å²) in [6, 6.07) is 6.09. The summed E-state index contributed by atoms with van der Waals surface area (Å²) in [5, 5.41) is 8.72. The van der Waals surface area contributed by atoms with Crippen molar-refractivity contribution >= 4 is 17.6 Å². The Kier molecular flexibility index (Phi) is 3.88. The number of carbonyl (C=O) groups is 2. The molecule has 86 valence electrons. The predicted octanol–water partition coefficient (Wildman–Crippen LogP) is 1.29. The van der Waals surface area contributed by atoms with Crippen molar-refractivity contribution in [3.8, 4) is 0 Å². The van der Waals surface area contributed by atoms with Gasteiger partial charge in [0, 0.05) is 5.69 Å². The molecule has 1 aromatic carbocycles. The number of carboxylic acids is 1. The normalized spacial score (nSPS) is 11.8. The summed E-state index contributed by atoms with van der Waals surface area (Å²) in [5.41, 5.74) is 6.27. The van der Waals surface area contributed by atoms with Crippen molar-refractivity contribution in [1.82, 2.24) is 0 Å². The molecule has 0 aromatic heterocycles. The molecular formula is C11H13NO4. The van der Waals surface area contributed by atoms with Crippen LogP contribution in [-0.2, 0) is 9.53 Å². The maximum absolute atomic E-state index is 11.5. The Labute approximate surface area is 92.8 Å². The molecule has 0 aliphatic heterocycles. The molecule has 1 atom stereocenters. The number of rotatable bonds is 4. The molecule has 3 N–H and O–H groups in total. The van der Waals surface area contributed by atoms with Crippen LogP contribution in [0.25, 0.3) is 0 Å². The van der Waals surface area contributed by atoms with E-state index in [-0.39, 0.29) is 12.0 Å². The Bertz CT molecular complexity index is 385. The minimum Gasteiger partial charge on any atom is -0.479 e. The van der Waals surface area contributed by atoms with E-state index >= 15 is 0 Å². The van der Waals surface area contributed by atoms with Gasteiger partial charge in [0.25, 0.3) is 0 Å². The molecule has 0 heterocycles. The highest BCUT2D eigenvalue weighted by molar-refractivity contribution is 5.91.